The van der Waals surface area contributed by atoms with E-state index in [1.807, 2.05) is 31.2 Å². The van der Waals surface area contributed by atoms with Crippen LogP contribution in [-0.4, -0.2) is 6.54 Å². The van der Waals surface area contributed by atoms with Crippen molar-refractivity contribution in [2.24, 2.45) is 5.73 Å². The topological polar surface area (TPSA) is 35.2 Å². The van der Waals surface area contributed by atoms with Crippen LogP contribution in [0.3, 0.4) is 0 Å². The smallest absolute Gasteiger partial charge is 0.125 e. The van der Waals surface area contributed by atoms with Gasteiger partial charge in [0, 0.05) is 6.42 Å². The Balaban J connectivity index is 2.15. The van der Waals surface area contributed by atoms with E-state index in [1.165, 1.54) is 17.7 Å². The number of aryl methyl sites for hydroxylation is 1. The van der Waals surface area contributed by atoms with Crippen molar-refractivity contribution in [1.82, 2.24) is 0 Å². The first-order chi connectivity index (χ1) is 9.19. The summed E-state index contributed by atoms with van der Waals surface area (Å²) in [5.41, 5.74) is 7.92. The molecule has 2 aromatic carbocycles. The van der Waals surface area contributed by atoms with Crippen LogP contribution < -0.4 is 10.5 Å². The maximum Gasteiger partial charge on any atom is 0.125 e. The molecular formula is C16H18FNO. The van der Waals surface area contributed by atoms with Crippen LogP contribution in [0.5, 0.6) is 5.75 Å². The highest BCUT2D eigenvalue weighted by atomic mass is 19.1. The molecule has 0 fully saturated rings. The van der Waals surface area contributed by atoms with Crippen molar-refractivity contribution >= 4 is 0 Å². The molecule has 0 spiro atoms. The lowest BCUT2D eigenvalue weighted by Crippen LogP contribution is -2.13. The SMILES string of the molecule is Cc1ccc(C(CCN)Oc2ccc(F)cc2)cc1. The number of hydrogen-bond acceptors (Lipinski definition) is 2. The second-order valence-corrected chi connectivity index (χ2v) is 4.55. The van der Waals surface area contributed by atoms with Gasteiger partial charge in [0.15, 0.2) is 0 Å². The molecule has 100 valence electrons. The number of ether oxygens (including phenoxy) is 1. The summed E-state index contributed by atoms with van der Waals surface area (Å²) in [6.07, 6.45) is 0.622. The zero-order chi connectivity index (χ0) is 13.7. The molecule has 3 heteroatoms. The first-order valence-electron chi connectivity index (χ1n) is 6.38. The van der Waals surface area contributed by atoms with Gasteiger partial charge in [0.1, 0.15) is 17.7 Å². The predicted molar refractivity (Wildman–Crippen MR) is 74.6 cm³/mol. The van der Waals surface area contributed by atoms with Crippen molar-refractivity contribution in [1.29, 1.82) is 0 Å². The Morgan fingerprint density at radius 1 is 1.05 bits per heavy atom. The molecule has 1 atom stereocenters. The van der Waals surface area contributed by atoms with E-state index in [-0.39, 0.29) is 11.9 Å². The lowest BCUT2D eigenvalue weighted by molar-refractivity contribution is 0.197. The molecule has 0 bridgehead atoms. The van der Waals surface area contributed by atoms with Crippen LogP contribution >= 0.6 is 0 Å². The fourth-order valence-corrected chi connectivity index (χ4v) is 1.90. The molecule has 0 aliphatic heterocycles. The van der Waals surface area contributed by atoms with Gasteiger partial charge in [-0.2, -0.15) is 0 Å². The molecule has 0 aliphatic rings. The monoisotopic (exact) mass is 259 g/mol. The first kappa shape index (κ1) is 13.6. The maximum absolute atomic E-state index is 12.9. The van der Waals surface area contributed by atoms with Gasteiger partial charge in [-0.15, -0.1) is 0 Å². The van der Waals surface area contributed by atoms with Crippen LogP contribution in [0, 0.1) is 12.7 Å². The minimum Gasteiger partial charge on any atom is -0.486 e. The van der Waals surface area contributed by atoms with Crippen LogP contribution in [0.2, 0.25) is 0 Å². The molecule has 0 aliphatic carbocycles. The lowest BCUT2D eigenvalue weighted by Gasteiger charge is -2.19. The van der Waals surface area contributed by atoms with Crippen LogP contribution in [0.4, 0.5) is 4.39 Å². The molecule has 2 rings (SSSR count). The molecule has 1 unspecified atom stereocenters. The van der Waals surface area contributed by atoms with E-state index in [1.54, 1.807) is 12.1 Å². The third-order valence-electron chi connectivity index (χ3n) is 2.97. The number of nitrogens with two attached hydrogens (primary N) is 1. The van der Waals surface area contributed by atoms with E-state index in [4.69, 9.17) is 10.5 Å². The third kappa shape index (κ3) is 3.80. The quantitative estimate of drug-likeness (QED) is 0.890. The fourth-order valence-electron chi connectivity index (χ4n) is 1.90. The molecule has 19 heavy (non-hydrogen) atoms. The summed E-state index contributed by atoms with van der Waals surface area (Å²) in [5, 5.41) is 0. The second-order valence-electron chi connectivity index (χ2n) is 4.55. The summed E-state index contributed by atoms with van der Waals surface area (Å²) in [6, 6.07) is 14.2. The van der Waals surface area contributed by atoms with Gasteiger partial charge in [-0.25, -0.2) is 4.39 Å². The molecule has 0 aromatic heterocycles. The Kier molecular flexibility index (Phi) is 4.53. The standard InChI is InChI=1S/C16H18FNO/c1-12-2-4-13(5-3-12)16(10-11-18)19-15-8-6-14(17)7-9-15/h2-9,16H,10-11,18H2,1H3. The van der Waals surface area contributed by atoms with Gasteiger partial charge in [-0.3, -0.25) is 0 Å². The Labute approximate surface area is 113 Å². The van der Waals surface area contributed by atoms with Crippen molar-refractivity contribution in [3.05, 3.63) is 65.5 Å². The van der Waals surface area contributed by atoms with Crippen LogP contribution in [0.25, 0.3) is 0 Å². The highest BCUT2D eigenvalue weighted by molar-refractivity contribution is 5.27. The van der Waals surface area contributed by atoms with E-state index in [0.717, 1.165) is 12.0 Å². The van der Waals surface area contributed by atoms with Crippen molar-refractivity contribution < 1.29 is 9.13 Å². The van der Waals surface area contributed by atoms with Crippen LogP contribution in [0.1, 0.15) is 23.7 Å². The van der Waals surface area contributed by atoms with Gasteiger partial charge in [-0.1, -0.05) is 29.8 Å². The lowest BCUT2D eigenvalue weighted by atomic mass is 10.0. The van der Waals surface area contributed by atoms with Crippen molar-refractivity contribution in [3.8, 4) is 5.75 Å². The largest absolute Gasteiger partial charge is 0.486 e. The summed E-state index contributed by atoms with van der Waals surface area (Å²) >= 11 is 0. The summed E-state index contributed by atoms with van der Waals surface area (Å²) in [6.45, 7) is 2.59. The highest BCUT2D eigenvalue weighted by Crippen LogP contribution is 2.24. The average molecular weight is 259 g/mol. The summed E-state index contributed by atoms with van der Waals surface area (Å²) < 4.78 is 18.8. The number of rotatable bonds is 5. The number of benzene rings is 2. The zero-order valence-electron chi connectivity index (χ0n) is 11.0. The Morgan fingerprint density at radius 2 is 1.68 bits per heavy atom. The number of halogens is 1. The third-order valence-corrected chi connectivity index (χ3v) is 2.97. The van der Waals surface area contributed by atoms with E-state index in [9.17, 15) is 4.39 Å². The summed E-state index contributed by atoms with van der Waals surface area (Å²) in [4.78, 5) is 0. The van der Waals surface area contributed by atoms with E-state index in [2.05, 4.69) is 0 Å². The fraction of sp³-hybridized carbons (Fsp3) is 0.250. The Morgan fingerprint density at radius 3 is 2.26 bits per heavy atom. The molecule has 2 N–H and O–H groups in total. The van der Waals surface area contributed by atoms with Gasteiger partial charge >= 0.3 is 0 Å². The van der Waals surface area contributed by atoms with Crippen LogP contribution in [0.15, 0.2) is 48.5 Å². The predicted octanol–water partition coefficient (Wildman–Crippen LogP) is 3.60. The maximum atomic E-state index is 12.9. The molecule has 0 saturated carbocycles. The molecular weight excluding hydrogens is 241 g/mol. The molecule has 2 nitrogen and oxygen atoms in total. The Bertz CT molecular complexity index is 507. The number of hydrogen-bond donors (Lipinski definition) is 1. The van der Waals surface area contributed by atoms with Gasteiger partial charge in [0.05, 0.1) is 0 Å². The summed E-state index contributed by atoms with van der Waals surface area (Å²) in [5.74, 6) is 0.387. The van der Waals surface area contributed by atoms with E-state index < -0.39 is 0 Å². The molecule has 0 saturated heterocycles. The molecule has 0 amide bonds. The highest BCUT2D eigenvalue weighted by Gasteiger charge is 2.12. The van der Waals surface area contributed by atoms with Gasteiger partial charge in [-0.05, 0) is 43.3 Å². The Hall–Kier alpha value is -1.87. The van der Waals surface area contributed by atoms with Gasteiger partial charge in [0.25, 0.3) is 0 Å². The van der Waals surface area contributed by atoms with E-state index in [0.29, 0.717) is 12.3 Å². The normalized spacial score (nSPS) is 12.2. The van der Waals surface area contributed by atoms with Crippen molar-refractivity contribution in [3.63, 3.8) is 0 Å². The van der Waals surface area contributed by atoms with Crippen molar-refractivity contribution in [2.75, 3.05) is 6.54 Å². The molecule has 2 aromatic rings. The second kappa shape index (κ2) is 6.34. The average Bonchev–Trinajstić information content (AvgIpc) is 2.42. The first-order valence-corrected chi connectivity index (χ1v) is 6.38. The van der Waals surface area contributed by atoms with Crippen molar-refractivity contribution in [2.45, 2.75) is 19.4 Å². The zero-order valence-corrected chi connectivity index (χ0v) is 11.0. The summed E-state index contributed by atoms with van der Waals surface area (Å²) in [7, 11) is 0. The molecule has 0 heterocycles. The van der Waals surface area contributed by atoms with Gasteiger partial charge in [0.2, 0.25) is 0 Å². The molecule has 0 radical (unpaired) electrons. The minimum absolute atomic E-state index is 0.101. The minimum atomic E-state index is -0.266. The van der Waals surface area contributed by atoms with E-state index >= 15 is 0 Å². The van der Waals surface area contributed by atoms with Crippen LogP contribution in [-0.2, 0) is 0 Å². The van der Waals surface area contributed by atoms with Gasteiger partial charge < -0.3 is 10.5 Å².